The Bertz CT molecular complexity index is 1870. The zero-order chi connectivity index (χ0) is 29.6. The number of aromatic nitrogens is 2. The van der Waals surface area contributed by atoms with Crippen molar-refractivity contribution >= 4 is 44.3 Å². The number of ether oxygens (including phenoxy) is 1. The first-order valence-corrected chi connectivity index (χ1v) is 16.1. The Labute approximate surface area is 254 Å². The Hall–Kier alpha value is -4.34. The highest BCUT2D eigenvalue weighted by Crippen LogP contribution is 2.44. The van der Waals surface area contributed by atoms with Crippen LogP contribution >= 0.6 is 11.6 Å². The molecule has 218 valence electrons. The van der Waals surface area contributed by atoms with Gasteiger partial charge in [0.15, 0.2) is 0 Å². The topological polar surface area (TPSA) is 95.6 Å². The number of likely N-dealkylation sites (tertiary alicyclic amines) is 1. The van der Waals surface area contributed by atoms with Crippen LogP contribution in [0.1, 0.15) is 46.5 Å². The molecule has 1 atom stereocenters. The lowest BCUT2D eigenvalue weighted by Gasteiger charge is -2.38. The summed E-state index contributed by atoms with van der Waals surface area (Å²) in [6.07, 6.45) is 1.57. The molecule has 2 aliphatic heterocycles. The summed E-state index contributed by atoms with van der Waals surface area (Å²) in [7, 11) is -4.01. The average Bonchev–Trinajstić information content (AvgIpc) is 3.49. The van der Waals surface area contributed by atoms with Crippen molar-refractivity contribution in [3.8, 4) is 5.75 Å². The number of nitrogens with one attached hydrogen (secondary N) is 1. The van der Waals surface area contributed by atoms with Gasteiger partial charge in [0.2, 0.25) is 0 Å². The van der Waals surface area contributed by atoms with E-state index in [0.717, 1.165) is 35.3 Å². The minimum Gasteiger partial charge on any atom is -0.489 e. The van der Waals surface area contributed by atoms with Crippen molar-refractivity contribution in [2.75, 3.05) is 24.0 Å². The van der Waals surface area contributed by atoms with Gasteiger partial charge in [0.05, 0.1) is 21.6 Å². The Morgan fingerprint density at radius 3 is 2.37 bits per heavy atom. The van der Waals surface area contributed by atoms with Crippen LogP contribution in [0.2, 0.25) is 5.02 Å². The van der Waals surface area contributed by atoms with Crippen LogP contribution < -0.4 is 9.04 Å². The van der Waals surface area contributed by atoms with E-state index < -0.39 is 16.1 Å². The number of nitrogens with zero attached hydrogens (tertiary/aromatic N) is 3. The molecule has 1 N–H and O–H groups in total. The molecule has 3 heterocycles. The van der Waals surface area contributed by atoms with E-state index >= 15 is 0 Å². The van der Waals surface area contributed by atoms with E-state index in [2.05, 4.69) is 4.98 Å². The van der Waals surface area contributed by atoms with Crippen LogP contribution in [0.25, 0.3) is 11.0 Å². The van der Waals surface area contributed by atoms with Crippen molar-refractivity contribution in [2.45, 2.75) is 29.7 Å². The van der Waals surface area contributed by atoms with E-state index in [1.807, 2.05) is 29.2 Å². The number of sulfonamides is 1. The van der Waals surface area contributed by atoms with Crippen LogP contribution in [-0.2, 0) is 10.0 Å². The lowest BCUT2D eigenvalue weighted by atomic mass is 9.95. The second-order valence-corrected chi connectivity index (χ2v) is 13.1. The van der Waals surface area contributed by atoms with Crippen molar-refractivity contribution in [1.29, 1.82) is 0 Å². The number of anilines is 1. The van der Waals surface area contributed by atoms with E-state index in [1.165, 1.54) is 4.31 Å². The number of fused-ring (bicyclic) bond motifs is 2. The van der Waals surface area contributed by atoms with Gasteiger partial charge in [0.25, 0.3) is 15.9 Å². The standard InChI is InChI=1S/C33H29ClN4O4S/c34-25-13-10-22(11-14-25)30-21-42-31-15-12-24(20-29(31)38(30)43(40,41)26-6-2-1-3-7-26)33(39)37-18-16-23(17-19-37)32-35-27-8-4-5-9-28(27)36-32/h1-15,20,23,30H,16-19,21H2,(H,35,36). The summed E-state index contributed by atoms with van der Waals surface area (Å²) in [4.78, 5) is 23.9. The van der Waals surface area contributed by atoms with Crippen LogP contribution in [-0.4, -0.2) is 48.9 Å². The normalized spacial score (nSPS) is 17.5. The first-order valence-electron chi connectivity index (χ1n) is 14.2. The average molecular weight is 613 g/mol. The Balaban J connectivity index is 1.18. The minimum absolute atomic E-state index is 0.114. The van der Waals surface area contributed by atoms with Gasteiger partial charge in [-0.1, -0.05) is 54.1 Å². The monoisotopic (exact) mass is 612 g/mol. The highest BCUT2D eigenvalue weighted by molar-refractivity contribution is 7.92. The van der Waals surface area contributed by atoms with Gasteiger partial charge in [-0.3, -0.25) is 9.10 Å². The van der Waals surface area contributed by atoms with Crippen LogP contribution in [0, 0.1) is 0 Å². The molecule has 0 aliphatic carbocycles. The third kappa shape index (κ3) is 5.13. The molecular formula is C33H29ClN4O4S. The highest BCUT2D eigenvalue weighted by atomic mass is 35.5. The van der Waals surface area contributed by atoms with Gasteiger partial charge in [-0.05, 0) is 73.0 Å². The molecule has 5 aromatic rings. The first kappa shape index (κ1) is 27.5. The summed E-state index contributed by atoms with van der Waals surface area (Å²) in [5.74, 6) is 1.45. The van der Waals surface area contributed by atoms with Gasteiger partial charge < -0.3 is 14.6 Å². The fourth-order valence-corrected chi connectivity index (χ4v) is 7.75. The van der Waals surface area contributed by atoms with Gasteiger partial charge in [-0.15, -0.1) is 0 Å². The highest BCUT2D eigenvalue weighted by Gasteiger charge is 2.39. The molecule has 4 aromatic carbocycles. The number of aromatic amines is 1. The molecule has 0 saturated carbocycles. The van der Waals surface area contributed by atoms with E-state index in [-0.39, 0.29) is 23.3 Å². The fourth-order valence-electron chi connectivity index (χ4n) is 5.97. The largest absolute Gasteiger partial charge is 0.489 e. The van der Waals surface area contributed by atoms with E-state index in [9.17, 15) is 13.2 Å². The van der Waals surface area contributed by atoms with Gasteiger partial charge in [0.1, 0.15) is 24.2 Å². The predicted octanol–water partition coefficient (Wildman–Crippen LogP) is 6.57. The number of para-hydroxylation sites is 2. The summed E-state index contributed by atoms with van der Waals surface area (Å²) >= 11 is 6.14. The summed E-state index contributed by atoms with van der Waals surface area (Å²) in [5, 5.41) is 0.551. The molecule has 1 fully saturated rings. The number of carbonyl (C=O) groups excluding carboxylic acids is 1. The molecule has 1 aromatic heterocycles. The van der Waals surface area contributed by atoms with E-state index in [4.69, 9.17) is 21.3 Å². The number of piperidine rings is 1. The lowest BCUT2D eigenvalue weighted by molar-refractivity contribution is 0.0711. The van der Waals surface area contributed by atoms with Crippen molar-refractivity contribution in [3.63, 3.8) is 0 Å². The Morgan fingerprint density at radius 1 is 0.907 bits per heavy atom. The van der Waals surface area contributed by atoms with Crippen LogP contribution in [0.4, 0.5) is 5.69 Å². The molecule has 0 spiro atoms. The maximum atomic E-state index is 14.2. The molecule has 0 radical (unpaired) electrons. The van der Waals surface area contributed by atoms with Crippen LogP contribution in [0.15, 0.2) is 102 Å². The number of amides is 1. The molecular weight excluding hydrogens is 584 g/mol. The zero-order valence-electron chi connectivity index (χ0n) is 23.2. The van der Waals surface area contributed by atoms with Gasteiger partial charge in [-0.25, -0.2) is 13.4 Å². The van der Waals surface area contributed by atoms with Crippen molar-refractivity contribution in [1.82, 2.24) is 14.9 Å². The lowest BCUT2D eigenvalue weighted by Crippen LogP contribution is -2.41. The Morgan fingerprint density at radius 2 is 1.63 bits per heavy atom. The SMILES string of the molecule is O=C(c1ccc2c(c1)N(S(=O)(=O)c1ccccc1)C(c1ccc(Cl)cc1)CO2)N1CCC(c2nc3ccccc3[nH]2)CC1. The molecule has 0 bridgehead atoms. The van der Waals surface area contributed by atoms with Crippen molar-refractivity contribution < 1.29 is 17.9 Å². The molecule has 2 aliphatic rings. The van der Waals surface area contributed by atoms with Crippen molar-refractivity contribution in [2.24, 2.45) is 0 Å². The van der Waals surface area contributed by atoms with Gasteiger partial charge in [0, 0.05) is 29.6 Å². The summed E-state index contributed by atoms with van der Waals surface area (Å²) < 4.78 is 35.8. The second-order valence-electron chi connectivity index (χ2n) is 10.9. The van der Waals surface area contributed by atoms with Crippen LogP contribution in [0.3, 0.4) is 0 Å². The number of rotatable bonds is 5. The smallest absolute Gasteiger partial charge is 0.265 e. The Kier molecular flexibility index (Phi) is 7.07. The minimum atomic E-state index is -4.01. The van der Waals surface area contributed by atoms with E-state index in [1.54, 1.807) is 72.8 Å². The second kappa shape index (κ2) is 11.1. The summed E-state index contributed by atoms with van der Waals surface area (Å²) in [6, 6.07) is 27.7. The maximum Gasteiger partial charge on any atom is 0.265 e. The number of benzene rings is 4. The number of carbonyl (C=O) groups is 1. The van der Waals surface area contributed by atoms with Gasteiger partial charge >= 0.3 is 0 Å². The molecule has 43 heavy (non-hydrogen) atoms. The number of H-pyrrole nitrogens is 1. The molecule has 8 nitrogen and oxygen atoms in total. The predicted molar refractivity (Wildman–Crippen MR) is 166 cm³/mol. The molecule has 1 amide bonds. The number of hydrogen-bond acceptors (Lipinski definition) is 5. The fraction of sp³-hybridized carbons (Fsp3) is 0.212. The molecule has 1 saturated heterocycles. The van der Waals surface area contributed by atoms with Crippen molar-refractivity contribution in [3.05, 3.63) is 119 Å². The van der Waals surface area contributed by atoms with Crippen LogP contribution in [0.5, 0.6) is 5.75 Å². The van der Waals surface area contributed by atoms with E-state index in [0.29, 0.717) is 35.1 Å². The van der Waals surface area contributed by atoms with Gasteiger partial charge in [-0.2, -0.15) is 0 Å². The summed E-state index contributed by atoms with van der Waals surface area (Å²) in [6.45, 7) is 1.27. The molecule has 10 heteroatoms. The third-order valence-electron chi connectivity index (χ3n) is 8.25. The molecule has 7 rings (SSSR count). The molecule has 1 unspecified atom stereocenters. The zero-order valence-corrected chi connectivity index (χ0v) is 24.8. The number of hydrogen-bond donors (Lipinski definition) is 1. The first-order chi connectivity index (χ1) is 20.9. The number of imidazole rings is 1. The quantitative estimate of drug-likeness (QED) is 0.242. The maximum absolute atomic E-state index is 14.2. The summed E-state index contributed by atoms with van der Waals surface area (Å²) in [5.41, 5.74) is 3.44. The third-order valence-corrected chi connectivity index (χ3v) is 10.3. The number of halogens is 1.